The monoisotopic (exact) mass is 293 g/mol. The van der Waals surface area contributed by atoms with E-state index >= 15 is 0 Å². The molecule has 7 heteroatoms. The summed E-state index contributed by atoms with van der Waals surface area (Å²) in [5.74, 6) is 0. The highest BCUT2D eigenvalue weighted by atomic mass is 32.2. The van der Waals surface area contributed by atoms with Crippen LogP contribution in [-0.2, 0) is 16.0 Å². The van der Waals surface area contributed by atoms with Gasteiger partial charge in [-0.1, -0.05) is 6.07 Å². The van der Waals surface area contributed by atoms with E-state index in [1.165, 1.54) is 6.07 Å². The summed E-state index contributed by atoms with van der Waals surface area (Å²) in [5.41, 5.74) is -0.932. The van der Waals surface area contributed by atoms with Gasteiger partial charge in [0, 0.05) is 6.04 Å². The Kier molecular flexibility index (Phi) is 3.61. The van der Waals surface area contributed by atoms with Crippen LogP contribution in [0.15, 0.2) is 29.2 Å². The lowest BCUT2D eigenvalue weighted by Crippen LogP contribution is -2.46. The molecule has 0 atom stereocenters. The molecule has 1 saturated carbocycles. The van der Waals surface area contributed by atoms with Crippen LogP contribution in [0.2, 0.25) is 0 Å². The molecule has 0 bridgehead atoms. The van der Waals surface area contributed by atoms with E-state index in [1.54, 1.807) is 7.05 Å². The molecular formula is C12H14F3NO2S. The molecule has 1 aliphatic carbocycles. The highest BCUT2D eigenvalue weighted by molar-refractivity contribution is 7.92. The fourth-order valence-electron chi connectivity index (χ4n) is 2.10. The first-order valence-corrected chi connectivity index (χ1v) is 7.38. The standard InChI is InChI=1S/C12H14F3NO2S/c1-16-9-6-11(7-9)19(17,18)10-4-2-3-8(5-10)12(13,14)15/h2-5,9,11,16H,6-7H2,1H3. The molecule has 0 aliphatic heterocycles. The normalized spacial score (nSPS) is 24.0. The van der Waals surface area contributed by atoms with Crippen molar-refractivity contribution >= 4 is 9.84 Å². The van der Waals surface area contributed by atoms with Crippen molar-refractivity contribution in [2.75, 3.05) is 7.05 Å². The Balaban J connectivity index is 2.27. The van der Waals surface area contributed by atoms with Gasteiger partial charge in [0.25, 0.3) is 0 Å². The van der Waals surface area contributed by atoms with Gasteiger partial charge in [-0.05, 0) is 38.1 Å². The molecular weight excluding hydrogens is 279 g/mol. The third kappa shape index (κ3) is 2.76. The molecule has 1 aliphatic rings. The van der Waals surface area contributed by atoms with E-state index in [9.17, 15) is 21.6 Å². The smallest absolute Gasteiger partial charge is 0.317 e. The zero-order valence-corrected chi connectivity index (χ0v) is 11.1. The minimum atomic E-state index is -4.53. The Bertz CT molecular complexity index is 563. The van der Waals surface area contributed by atoms with Crippen LogP contribution in [0.1, 0.15) is 18.4 Å². The molecule has 1 N–H and O–H groups in total. The Morgan fingerprint density at radius 2 is 1.89 bits per heavy atom. The fourth-order valence-corrected chi connectivity index (χ4v) is 4.01. The topological polar surface area (TPSA) is 46.2 Å². The molecule has 0 unspecified atom stereocenters. The molecule has 106 valence electrons. The van der Waals surface area contributed by atoms with Crippen LogP contribution in [0.3, 0.4) is 0 Å². The first-order valence-electron chi connectivity index (χ1n) is 5.83. The number of nitrogens with one attached hydrogen (secondary N) is 1. The number of benzene rings is 1. The van der Waals surface area contributed by atoms with Crippen LogP contribution in [0.4, 0.5) is 13.2 Å². The van der Waals surface area contributed by atoms with Crippen LogP contribution in [0, 0.1) is 0 Å². The summed E-state index contributed by atoms with van der Waals surface area (Å²) in [4.78, 5) is -0.248. The summed E-state index contributed by atoms with van der Waals surface area (Å²) in [6, 6.07) is 4.06. The van der Waals surface area contributed by atoms with E-state index in [2.05, 4.69) is 5.32 Å². The SMILES string of the molecule is CNC1CC(S(=O)(=O)c2cccc(C(F)(F)F)c2)C1. The molecule has 1 fully saturated rings. The molecule has 1 aromatic carbocycles. The lowest BCUT2D eigenvalue weighted by Gasteiger charge is -2.34. The first-order chi connectivity index (χ1) is 8.75. The molecule has 0 spiro atoms. The van der Waals surface area contributed by atoms with Gasteiger partial charge in [-0.25, -0.2) is 8.42 Å². The van der Waals surface area contributed by atoms with Crippen molar-refractivity contribution in [3.05, 3.63) is 29.8 Å². The number of hydrogen-bond donors (Lipinski definition) is 1. The van der Waals surface area contributed by atoms with Crippen LogP contribution in [0.5, 0.6) is 0 Å². The molecule has 0 amide bonds. The Morgan fingerprint density at radius 3 is 2.42 bits per heavy atom. The maximum Gasteiger partial charge on any atom is 0.416 e. The van der Waals surface area contributed by atoms with Crippen molar-refractivity contribution in [2.24, 2.45) is 0 Å². The Morgan fingerprint density at radius 1 is 1.26 bits per heavy atom. The number of halogens is 3. The molecule has 2 rings (SSSR count). The van der Waals surface area contributed by atoms with E-state index < -0.39 is 26.8 Å². The molecule has 0 heterocycles. The van der Waals surface area contributed by atoms with Gasteiger partial charge in [0.1, 0.15) is 0 Å². The minimum Gasteiger partial charge on any atom is -0.317 e. The summed E-state index contributed by atoms with van der Waals surface area (Å²) >= 11 is 0. The van der Waals surface area contributed by atoms with Gasteiger partial charge in [0.2, 0.25) is 0 Å². The van der Waals surface area contributed by atoms with Crippen molar-refractivity contribution in [1.29, 1.82) is 0 Å². The van der Waals surface area contributed by atoms with Crippen LogP contribution < -0.4 is 5.32 Å². The van der Waals surface area contributed by atoms with E-state index in [4.69, 9.17) is 0 Å². The van der Waals surface area contributed by atoms with Crippen molar-refractivity contribution in [2.45, 2.75) is 35.2 Å². The highest BCUT2D eigenvalue weighted by Gasteiger charge is 2.40. The molecule has 19 heavy (non-hydrogen) atoms. The molecule has 0 aromatic heterocycles. The predicted octanol–water partition coefficient (Wildman–Crippen LogP) is 2.23. The Labute approximate surface area is 109 Å². The maximum absolute atomic E-state index is 12.6. The first kappa shape index (κ1) is 14.3. The van der Waals surface area contributed by atoms with E-state index in [0.717, 1.165) is 12.1 Å². The van der Waals surface area contributed by atoms with E-state index in [1.807, 2.05) is 0 Å². The van der Waals surface area contributed by atoms with E-state index in [-0.39, 0.29) is 10.9 Å². The minimum absolute atomic E-state index is 0.130. The lowest BCUT2D eigenvalue weighted by molar-refractivity contribution is -0.137. The van der Waals surface area contributed by atoms with Gasteiger partial charge in [0.05, 0.1) is 15.7 Å². The van der Waals surface area contributed by atoms with Crippen LogP contribution in [-0.4, -0.2) is 26.8 Å². The van der Waals surface area contributed by atoms with Crippen molar-refractivity contribution in [1.82, 2.24) is 5.32 Å². The lowest BCUT2D eigenvalue weighted by atomic mass is 9.93. The molecule has 0 radical (unpaired) electrons. The second-order valence-electron chi connectivity index (χ2n) is 4.65. The zero-order chi connectivity index (χ0) is 14.3. The molecule has 1 aromatic rings. The Hall–Kier alpha value is -1.08. The second-order valence-corrected chi connectivity index (χ2v) is 6.88. The summed E-state index contributed by atoms with van der Waals surface area (Å²) in [7, 11) is -1.93. The molecule has 0 saturated heterocycles. The maximum atomic E-state index is 12.6. The third-order valence-electron chi connectivity index (χ3n) is 3.43. The van der Waals surface area contributed by atoms with Crippen molar-refractivity contribution in [3.8, 4) is 0 Å². The largest absolute Gasteiger partial charge is 0.416 e. The van der Waals surface area contributed by atoms with Crippen LogP contribution >= 0.6 is 0 Å². The number of hydrogen-bond acceptors (Lipinski definition) is 3. The predicted molar refractivity (Wildman–Crippen MR) is 64.5 cm³/mol. The van der Waals surface area contributed by atoms with E-state index in [0.29, 0.717) is 18.9 Å². The number of sulfone groups is 1. The highest BCUT2D eigenvalue weighted by Crippen LogP contribution is 2.34. The number of alkyl halides is 3. The van der Waals surface area contributed by atoms with Gasteiger partial charge < -0.3 is 5.32 Å². The quantitative estimate of drug-likeness (QED) is 0.929. The average molecular weight is 293 g/mol. The summed E-state index contributed by atoms with van der Waals surface area (Å²) < 4.78 is 62.0. The average Bonchev–Trinajstić information content (AvgIpc) is 2.26. The van der Waals surface area contributed by atoms with Gasteiger partial charge in [-0.2, -0.15) is 13.2 Å². The summed E-state index contributed by atoms with van der Waals surface area (Å²) in [6.07, 6.45) is -3.65. The van der Waals surface area contributed by atoms with Crippen molar-refractivity contribution < 1.29 is 21.6 Å². The van der Waals surface area contributed by atoms with Gasteiger partial charge in [-0.3, -0.25) is 0 Å². The zero-order valence-electron chi connectivity index (χ0n) is 10.2. The fraction of sp³-hybridized carbons (Fsp3) is 0.500. The summed E-state index contributed by atoms with van der Waals surface area (Å²) in [6.45, 7) is 0. The van der Waals surface area contributed by atoms with Gasteiger partial charge >= 0.3 is 6.18 Å². The van der Waals surface area contributed by atoms with Crippen molar-refractivity contribution in [3.63, 3.8) is 0 Å². The molecule has 3 nitrogen and oxygen atoms in total. The van der Waals surface area contributed by atoms with Crippen LogP contribution in [0.25, 0.3) is 0 Å². The third-order valence-corrected chi connectivity index (χ3v) is 5.61. The van der Waals surface area contributed by atoms with Gasteiger partial charge in [0.15, 0.2) is 9.84 Å². The summed E-state index contributed by atoms with van der Waals surface area (Å²) in [5, 5.41) is 2.36. The van der Waals surface area contributed by atoms with Gasteiger partial charge in [-0.15, -0.1) is 0 Å². The number of rotatable bonds is 3. The second kappa shape index (κ2) is 4.79.